The molecule has 1 saturated carbocycles. The van der Waals surface area contributed by atoms with Gasteiger partial charge in [0.1, 0.15) is 5.75 Å². The van der Waals surface area contributed by atoms with Crippen molar-refractivity contribution in [3.8, 4) is 5.75 Å². The van der Waals surface area contributed by atoms with E-state index in [-0.39, 0.29) is 29.2 Å². The Bertz CT molecular complexity index is 1220. The molecular weight excluding hydrogens is 432 g/mol. The van der Waals surface area contributed by atoms with Crippen molar-refractivity contribution in [2.45, 2.75) is 73.8 Å². The first-order valence-corrected chi connectivity index (χ1v) is 11.9. The number of hydrogen-bond acceptors (Lipinski definition) is 6. The van der Waals surface area contributed by atoms with Crippen LogP contribution in [0.1, 0.15) is 75.0 Å². The van der Waals surface area contributed by atoms with Crippen LogP contribution < -0.4 is 0 Å². The smallest absolute Gasteiger partial charge is 0.206 e. The molecule has 34 heavy (non-hydrogen) atoms. The monoisotopic (exact) mass is 466 g/mol. The molecule has 3 aliphatic rings. The van der Waals surface area contributed by atoms with Gasteiger partial charge in [-0.2, -0.15) is 0 Å². The topological polar surface area (TPSA) is 109 Å². The fraction of sp³-hybridized carbons (Fsp3) is 0.571. The lowest BCUT2D eigenvalue weighted by Gasteiger charge is -2.62. The van der Waals surface area contributed by atoms with Crippen molar-refractivity contribution in [3.05, 3.63) is 39.5 Å². The zero-order chi connectivity index (χ0) is 25.7. The van der Waals surface area contributed by atoms with Crippen molar-refractivity contribution in [1.82, 2.24) is 0 Å². The number of carbonyl (C=O) groups excluding carboxylic acids is 4. The van der Waals surface area contributed by atoms with Crippen LogP contribution in [-0.2, 0) is 20.8 Å². The number of ketones is 4. The first-order chi connectivity index (χ1) is 15.5. The SMILES string of the molecule is CC(=O)C1=C(C)[C@@H](C(C)C)[C@]2(C)C[C@]3(C)Cc4c(C)cc(C)c(O)c4C(=O)C3C(=O)[C@]2(O)C1=O. The highest BCUT2D eigenvalue weighted by Crippen LogP contribution is 2.64. The van der Waals surface area contributed by atoms with E-state index in [0.717, 1.165) is 5.56 Å². The van der Waals surface area contributed by atoms with Crippen LogP contribution in [0.4, 0.5) is 0 Å². The van der Waals surface area contributed by atoms with Crippen molar-refractivity contribution in [2.75, 3.05) is 0 Å². The predicted octanol–water partition coefficient (Wildman–Crippen LogP) is 3.84. The van der Waals surface area contributed by atoms with Gasteiger partial charge in [-0.15, -0.1) is 0 Å². The molecule has 0 aromatic heterocycles. The molecule has 1 fully saturated rings. The van der Waals surface area contributed by atoms with E-state index >= 15 is 0 Å². The third-order valence-electron chi connectivity index (χ3n) is 8.95. The van der Waals surface area contributed by atoms with Crippen molar-refractivity contribution in [2.24, 2.45) is 28.6 Å². The second kappa shape index (κ2) is 7.20. The number of phenols is 1. The summed E-state index contributed by atoms with van der Waals surface area (Å²) in [5.74, 6) is -4.70. The molecule has 0 saturated heterocycles. The van der Waals surface area contributed by atoms with Gasteiger partial charge in [0.2, 0.25) is 5.78 Å². The maximum atomic E-state index is 14.2. The number of rotatable bonds is 2. The van der Waals surface area contributed by atoms with Gasteiger partial charge in [-0.1, -0.05) is 39.3 Å². The molecule has 0 aliphatic heterocycles. The molecule has 1 aromatic carbocycles. The molecule has 0 heterocycles. The molecule has 0 radical (unpaired) electrons. The lowest BCUT2D eigenvalue weighted by atomic mass is 9.40. The van der Waals surface area contributed by atoms with Crippen LogP contribution >= 0.6 is 0 Å². The molecule has 5 atom stereocenters. The summed E-state index contributed by atoms with van der Waals surface area (Å²) >= 11 is 0. The van der Waals surface area contributed by atoms with E-state index in [1.165, 1.54) is 6.92 Å². The van der Waals surface area contributed by atoms with E-state index < -0.39 is 51.4 Å². The first kappa shape index (κ1) is 24.5. The number of Topliss-reactive ketones (excluding diaryl/α,β-unsaturated/α-hetero) is 4. The van der Waals surface area contributed by atoms with Crippen molar-refractivity contribution in [1.29, 1.82) is 0 Å². The third kappa shape index (κ3) is 2.72. The molecule has 2 N–H and O–H groups in total. The van der Waals surface area contributed by atoms with Gasteiger partial charge in [0.15, 0.2) is 23.0 Å². The van der Waals surface area contributed by atoms with Crippen LogP contribution in [-0.4, -0.2) is 38.9 Å². The summed E-state index contributed by atoms with van der Waals surface area (Å²) in [5, 5.41) is 22.8. The number of carbonyl (C=O) groups is 4. The minimum Gasteiger partial charge on any atom is -0.507 e. The summed E-state index contributed by atoms with van der Waals surface area (Å²) < 4.78 is 0. The zero-order valence-corrected chi connectivity index (χ0v) is 21.3. The summed E-state index contributed by atoms with van der Waals surface area (Å²) in [4.78, 5) is 54.2. The molecule has 0 bridgehead atoms. The normalized spacial score (nSPS) is 35.3. The van der Waals surface area contributed by atoms with Gasteiger partial charge in [-0.3, -0.25) is 19.2 Å². The third-order valence-corrected chi connectivity index (χ3v) is 8.95. The largest absolute Gasteiger partial charge is 0.507 e. The van der Waals surface area contributed by atoms with Crippen LogP contribution in [0.5, 0.6) is 5.75 Å². The lowest BCUT2D eigenvalue weighted by molar-refractivity contribution is -0.192. The van der Waals surface area contributed by atoms with E-state index in [1.807, 2.05) is 33.8 Å². The van der Waals surface area contributed by atoms with E-state index in [4.69, 9.17) is 0 Å². The standard InChI is InChI=1S/C28H34O6/c1-12(2)20-15(5)18(16(6)29)24(32)28(34)25(33)21-23(31)19-17(13(3)9-14(4)22(19)30)10-26(21,7)11-27(20,28)8/h9,12,20-21,30,34H,10-11H2,1-8H3/t20-,21?,26+,27+,28-/m1/s1. The second-order valence-electron chi connectivity index (χ2n) is 11.7. The van der Waals surface area contributed by atoms with Gasteiger partial charge >= 0.3 is 0 Å². The lowest BCUT2D eigenvalue weighted by Crippen LogP contribution is -2.73. The number of benzene rings is 1. The first-order valence-electron chi connectivity index (χ1n) is 11.9. The summed E-state index contributed by atoms with van der Waals surface area (Å²) in [6, 6.07) is 1.83. The number of phenolic OH excluding ortho intramolecular Hbond substituents is 1. The Morgan fingerprint density at radius 3 is 2.21 bits per heavy atom. The highest BCUT2D eigenvalue weighted by molar-refractivity contribution is 6.33. The number of aryl methyl sites for hydroxylation is 2. The predicted molar refractivity (Wildman–Crippen MR) is 127 cm³/mol. The average molecular weight is 467 g/mol. The van der Waals surface area contributed by atoms with Crippen LogP contribution in [0.3, 0.4) is 0 Å². The van der Waals surface area contributed by atoms with Crippen LogP contribution in [0.25, 0.3) is 0 Å². The molecule has 3 aliphatic carbocycles. The van der Waals surface area contributed by atoms with E-state index in [1.54, 1.807) is 20.8 Å². The average Bonchev–Trinajstić information content (AvgIpc) is 2.68. The molecule has 1 aromatic rings. The van der Waals surface area contributed by atoms with Crippen molar-refractivity contribution < 1.29 is 29.4 Å². The zero-order valence-electron chi connectivity index (χ0n) is 21.3. The van der Waals surface area contributed by atoms with E-state index in [2.05, 4.69) is 0 Å². The van der Waals surface area contributed by atoms with Crippen LogP contribution in [0.15, 0.2) is 17.2 Å². The van der Waals surface area contributed by atoms with Gasteiger partial charge in [0.05, 0.1) is 17.1 Å². The number of hydrogen-bond donors (Lipinski definition) is 2. The Labute approximate surface area is 200 Å². The number of fused-ring (bicyclic) bond motifs is 3. The molecular formula is C28H34O6. The summed E-state index contributed by atoms with van der Waals surface area (Å²) in [6.45, 7) is 14.1. The molecule has 4 rings (SSSR count). The van der Waals surface area contributed by atoms with Gasteiger partial charge in [-0.05, 0) is 74.5 Å². The van der Waals surface area contributed by atoms with Crippen molar-refractivity contribution in [3.63, 3.8) is 0 Å². The Morgan fingerprint density at radius 2 is 1.68 bits per heavy atom. The molecule has 182 valence electrons. The van der Waals surface area contributed by atoms with E-state index in [0.29, 0.717) is 23.1 Å². The summed E-state index contributed by atoms with van der Waals surface area (Å²) in [5.41, 5.74) is -1.84. The Morgan fingerprint density at radius 1 is 1.09 bits per heavy atom. The van der Waals surface area contributed by atoms with Crippen LogP contribution in [0.2, 0.25) is 0 Å². The Balaban J connectivity index is 2.03. The molecule has 6 heteroatoms. The quantitative estimate of drug-likeness (QED) is 0.506. The fourth-order valence-corrected chi connectivity index (χ4v) is 7.91. The maximum absolute atomic E-state index is 14.2. The molecule has 0 spiro atoms. The Hall–Kier alpha value is -2.60. The molecule has 0 amide bonds. The minimum atomic E-state index is -2.49. The number of allylic oxidation sites excluding steroid dienone is 1. The number of aromatic hydroxyl groups is 1. The van der Waals surface area contributed by atoms with Crippen molar-refractivity contribution >= 4 is 23.1 Å². The maximum Gasteiger partial charge on any atom is 0.206 e. The molecule has 1 unspecified atom stereocenters. The van der Waals surface area contributed by atoms with Gasteiger partial charge in [0, 0.05) is 5.41 Å². The van der Waals surface area contributed by atoms with Crippen LogP contribution in [0, 0.1) is 42.4 Å². The summed E-state index contributed by atoms with van der Waals surface area (Å²) in [7, 11) is 0. The summed E-state index contributed by atoms with van der Waals surface area (Å²) in [6.07, 6.45) is 0.625. The number of aliphatic hydroxyl groups is 1. The van der Waals surface area contributed by atoms with Gasteiger partial charge in [0.25, 0.3) is 0 Å². The highest BCUT2D eigenvalue weighted by atomic mass is 16.3. The van der Waals surface area contributed by atoms with Gasteiger partial charge < -0.3 is 10.2 Å². The Kier molecular flexibility index (Phi) is 5.19. The van der Waals surface area contributed by atoms with Gasteiger partial charge in [-0.25, -0.2) is 0 Å². The highest BCUT2D eigenvalue weighted by Gasteiger charge is 2.73. The van der Waals surface area contributed by atoms with E-state index in [9.17, 15) is 29.4 Å². The molecule has 6 nitrogen and oxygen atoms in total. The second-order valence-corrected chi connectivity index (χ2v) is 11.7. The minimum absolute atomic E-state index is 0.0630. The fourth-order valence-electron chi connectivity index (χ4n) is 7.91.